The summed E-state index contributed by atoms with van der Waals surface area (Å²) in [5, 5.41) is 3.95. The molecule has 0 spiro atoms. The summed E-state index contributed by atoms with van der Waals surface area (Å²) in [4.78, 5) is 36.1. The Morgan fingerprint density at radius 3 is 2.69 bits per heavy atom. The molecule has 1 N–H and O–H groups in total. The molecule has 0 fully saturated rings. The zero-order chi connectivity index (χ0) is 24.4. The Hall–Kier alpha value is -3.56. The van der Waals surface area contributed by atoms with Crippen LogP contribution in [0.4, 0.5) is 10.1 Å². The number of benzene rings is 2. The number of hydrogen-bond acceptors (Lipinski definition) is 6. The Bertz CT molecular complexity index is 1600. The van der Waals surface area contributed by atoms with Gasteiger partial charge in [0.1, 0.15) is 15.3 Å². The van der Waals surface area contributed by atoms with Crippen molar-refractivity contribution in [1.29, 1.82) is 0 Å². The van der Waals surface area contributed by atoms with E-state index < -0.39 is 5.82 Å². The van der Waals surface area contributed by atoms with Gasteiger partial charge >= 0.3 is 0 Å². The minimum absolute atomic E-state index is 0.0174. The van der Waals surface area contributed by atoms with Crippen LogP contribution < -0.4 is 10.9 Å². The fourth-order valence-electron chi connectivity index (χ4n) is 3.75. The van der Waals surface area contributed by atoms with Crippen molar-refractivity contribution in [2.24, 2.45) is 0 Å². The molecule has 0 radical (unpaired) electrons. The number of pyridine rings is 1. The molecular formula is C26H21FN4O2S2. The normalized spacial score (nSPS) is 11.3. The number of aryl methyl sites for hydroxylation is 1. The van der Waals surface area contributed by atoms with Gasteiger partial charge in [-0.05, 0) is 47.9 Å². The predicted molar refractivity (Wildman–Crippen MR) is 140 cm³/mol. The molecule has 2 aromatic carbocycles. The van der Waals surface area contributed by atoms with E-state index in [0.29, 0.717) is 27.6 Å². The van der Waals surface area contributed by atoms with Crippen molar-refractivity contribution in [2.45, 2.75) is 25.0 Å². The molecule has 35 heavy (non-hydrogen) atoms. The van der Waals surface area contributed by atoms with E-state index in [9.17, 15) is 14.0 Å². The number of thiophene rings is 1. The minimum atomic E-state index is -0.427. The first-order valence-electron chi connectivity index (χ1n) is 11.1. The van der Waals surface area contributed by atoms with Gasteiger partial charge in [0.15, 0.2) is 5.16 Å². The molecule has 0 saturated heterocycles. The maximum Gasteiger partial charge on any atom is 0.272 e. The summed E-state index contributed by atoms with van der Waals surface area (Å²) in [7, 11) is 0. The lowest BCUT2D eigenvalue weighted by molar-refractivity contribution is -0.113. The van der Waals surface area contributed by atoms with E-state index in [1.165, 1.54) is 46.9 Å². The van der Waals surface area contributed by atoms with Crippen LogP contribution in [0.25, 0.3) is 20.4 Å². The van der Waals surface area contributed by atoms with Crippen LogP contribution in [0.2, 0.25) is 0 Å². The first kappa shape index (κ1) is 23.2. The van der Waals surface area contributed by atoms with Crippen molar-refractivity contribution in [1.82, 2.24) is 14.5 Å². The monoisotopic (exact) mass is 504 g/mol. The van der Waals surface area contributed by atoms with Crippen molar-refractivity contribution >= 4 is 55.1 Å². The summed E-state index contributed by atoms with van der Waals surface area (Å²) >= 11 is 2.50. The molecule has 0 bridgehead atoms. The van der Waals surface area contributed by atoms with Crippen molar-refractivity contribution in [3.63, 3.8) is 0 Å². The standard InChI is InChI=1S/C26H21FN4O2S2/c1-2-16-8-10-17(11-9-16)14-31-25(33)23-22(20-7-4-12-28-24(20)35-23)30-26(31)34-15-21(32)29-19-6-3-5-18(27)13-19/h3-13H,2,14-15H2,1H3,(H,29,32). The molecule has 5 rings (SSSR count). The van der Waals surface area contributed by atoms with E-state index in [0.717, 1.165) is 22.2 Å². The number of hydrogen-bond donors (Lipinski definition) is 1. The maximum absolute atomic E-state index is 13.6. The molecule has 0 aliphatic heterocycles. The van der Waals surface area contributed by atoms with Gasteiger partial charge in [0.2, 0.25) is 5.91 Å². The first-order valence-corrected chi connectivity index (χ1v) is 12.9. The minimum Gasteiger partial charge on any atom is -0.325 e. The zero-order valence-corrected chi connectivity index (χ0v) is 20.5. The molecular weight excluding hydrogens is 483 g/mol. The number of aromatic nitrogens is 3. The van der Waals surface area contributed by atoms with Crippen LogP contribution >= 0.6 is 23.1 Å². The third-order valence-corrected chi connectivity index (χ3v) is 7.60. The van der Waals surface area contributed by atoms with Crippen molar-refractivity contribution in [3.05, 3.63) is 94.2 Å². The number of rotatable bonds is 7. The zero-order valence-electron chi connectivity index (χ0n) is 18.8. The van der Waals surface area contributed by atoms with E-state index in [1.54, 1.807) is 16.8 Å². The van der Waals surface area contributed by atoms with Crippen molar-refractivity contribution < 1.29 is 9.18 Å². The van der Waals surface area contributed by atoms with Crippen LogP contribution in [0.5, 0.6) is 0 Å². The molecule has 6 nitrogen and oxygen atoms in total. The van der Waals surface area contributed by atoms with Gasteiger partial charge in [-0.1, -0.05) is 49.0 Å². The van der Waals surface area contributed by atoms with Crippen molar-refractivity contribution in [3.8, 4) is 0 Å². The van der Waals surface area contributed by atoms with Gasteiger partial charge in [0, 0.05) is 17.3 Å². The highest BCUT2D eigenvalue weighted by Crippen LogP contribution is 2.30. The second-order valence-corrected chi connectivity index (χ2v) is 9.88. The summed E-state index contributed by atoms with van der Waals surface area (Å²) in [5.41, 5.74) is 2.99. The van der Waals surface area contributed by atoms with Crippen LogP contribution in [-0.2, 0) is 17.8 Å². The molecule has 176 valence electrons. The summed E-state index contributed by atoms with van der Waals surface area (Å²) in [5.74, 6) is -0.724. The van der Waals surface area contributed by atoms with Crippen LogP contribution in [0.1, 0.15) is 18.1 Å². The molecule has 0 saturated carbocycles. The van der Waals surface area contributed by atoms with Gasteiger partial charge in [-0.3, -0.25) is 14.2 Å². The molecule has 3 heterocycles. The van der Waals surface area contributed by atoms with E-state index in [1.807, 2.05) is 24.3 Å². The van der Waals surface area contributed by atoms with Gasteiger partial charge < -0.3 is 5.32 Å². The molecule has 0 aliphatic rings. The topological polar surface area (TPSA) is 76.9 Å². The number of nitrogens with one attached hydrogen (secondary N) is 1. The highest BCUT2D eigenvalue weighted by atomic mass is 32.2. The summed E-state index contributed by atoms with van der Waals surface area (Å²) < 4.78 is 15.6. The van der Waals surface area contributed by atoms with Gasteiger partial charge in [0.25, 0.3) is 5.56 Å². The lowest BCUT2D eigenvalue weighted by atomic mass is 10.1. The summed E-state index contributed by atoms with van der Waals surface area (Å²) in [6.45, 7) is 2.43. The Morgan fingerprint density at radius 2 is 1.91 bits per heavy atom. The molecule has 0 aliphatic carbocycles. The van der Waals surface area contributed by atoms with Gasteiger partial charge in [-0.2, -0.15) is 0 Å². The molecule has 5 aromatic rings. The van der Waals surface area contributed by atoms with Gasteiger partial charge in [0.05, 0.1) is 17.8 Å². The number of fused-ring (bicyclic) bond motifs is 3. The number of carbonyl (C=O) groups excluding carboxylic acids is 1. The smallest absolute Gasteiger partial charge is 0.272 e. The number of thioether (sulfide) groups is 1. The largest absolute Gasteiger partial charge is 0.325 e. The van der Waals surface area contributed by atoms with Crippen LogP contribution in [0.3, 0.4) is 0 Å². The average Bonchev–Trinajstić information content (AvgIpc) is 3.24. The SMILES string of the molecule is CCc1ccc(Cn2c(SCC(=O)Nc3cccc(F)c3)nc3c(sc4ncccc43)c2=O)cc1. The summed E-state index contributed by atoms with van der Waals surface area (Å²) in [6, 6.07) is 17.6. The molecule has 9 heteroatoms. The van der Waals surface area contributed by atoms with Gasteiger partial charge in [-0.25, -0.2) is 14.4 Å². The lowest BCUT2D eigenvalue weighted by Crippen LogP contribution is -2.24. The fourth-order valence-corrected chi connectivity index (χ4v) is 5.57. The van der Waals surface area contributed by atoms with Crippen molar-refractivity contribution in [2.75, 3.05) is 11.1 Å². The number of amides is 1. The van der Waals surface area contributed by atoms with Crippen LogP contribution in [0.15, 0.2) is 76.8 Å². The predicted octanol–water partition coefficient (Wildman–Crippen LogP) is 5.49. The molecule has 0 atom stereocenters. The molecule has 1 amide bonds. The Labute approximate surface area is 208 Å². The number of carbonyl (C=O) groups is 1. The van der Waals surface area contributed by atoms with Gasteiger partial charge in [-0.15, -0.1) is 11.3 Å². The van der Waals surface area contributed by atoms with E-state index in [-0.39, 0.29) is 17.2 Å². The third-order valence-electron chi connectivity index (χ3n) is 5.53. The second-order valence-electron chi connectivity index (χ2n) is 7.94. The third kappa shape index (κ3) is 4.96. The fraction of sp³-hybridized carbons (Fsp3) is 0.154. The maximum atomic E-state index is 13.6. The second kappa shape index (κ2) is 9.97. The van der Waals surface area contributed by atoms with E-state index >= 15 is 0 Å². The molecule has 0 unspecified atom stereocenters. The Morgan fingerprint density at radius 1 is 1.11 bits per heavy atom. The number of halogens is 1. The van der Waals surface area contributed by atoms with Crippen LogP contribution in [-0.4, -0.2) is 26.2 Å². The first-order chi connectivity index (χ1) is 17.0. The Balaban J connectivity index is 1.50. The lowest BCUT2D eigenvalue weighted by Gasteiger charge is -2.13. The summed E-state index contributed by atoms with van der Waals surface area (Å²) in [6.07, 6.45) is 2.63. The Kier molecular flexibility index (Phi) is 6.61. The van der Waals surface area contributed by atoms with Crippen LogP contribution in [0, 0.1) is 5.82 Å². The number of nitrogens with zero attached hydrogens (tertiary/aromatic N) is 3. The highest BCUT2D eigenvalue weighted by Gasteiger charge is 2.18. The average molecular weight is 505 g/mol. The highest BCUT2D eigenvalue weighted by molar-refractivity contribution is 7.99. The molecule has 3 aromatic heterocycles. The number of anilines is 1. The quantitative estimate of drug-likeness (QED) is 0.234. The van der Waals surface area contributed by atoms with E-state index in [2.05, 4.69) is 29.4 Å². The van der Waals surface area contributed by atoms with E-state index in [4.69, 9.17) is 4.98 Å².